The van der Waals surface area contributed by atoms with E-state index in [-0.39, 0.29) is 12.1 Å². The zero-order valence-corrected chi connectivity index (χ0v) is 20.0. The highest BCUT2D eigenvalue weighted by Crippen LogP contribution is 2.30. The number of piperazine rings is 1. The molecule has 0 aliphatic carbocycles. The van der Waals surface area contributed by atoms with Gasteiger partial charge in [-0.1, -0.05) is 26.5 Å². The van der Waals surface area contributed by atoms with Crippen LogP contribution in [-0.2, 0) is 4.74 Å². The molecule has 0 N–H and O–H groups in total. The fourth-order valence-electron chi connectivity index (χ4n) is 3.87. The maximum absolute atomic E-state index is 12.5. The van der Waals surface area contributed by atoms with E-state index in [9.17, 15) is 4.79 Å². The van der Waals surface area contributed by atoms with Crippen LogP contribution in [0.5, 0.6) is 0 Å². The van der Waals surface area contributed by atoms with Crippen molar-refractivity contribution in [2.45, 2.75) is 80.4 Å². The first-order valence-electron chi connectivity index (χ1n) is 10.7. The van der Waals surface area contributed by atoms with Crippen molar-refractivity contribution in [3.05, 3.63) is 35.7 Å². The zero-order valence-electron chi connectivity index (χ0n) is 20.0. The van der Waals surface area contributed by atoms with Gasteiger partial charge < -0.3 is 14.5 Å². The second kappa shape index (κ2) is 10.7. The van der Waals surface area contributed by atoms with Crippen molar-refractivity contribution in [2.75, 3.05) is 19.6 Å². The number of aliphatic imine (C=N–C) groups is 1. The summed E-state index contributed by atoms with van der Waals surface area (Å²) in [6.07, 6.45) is 4.65. The third kappa shape index (κ3) is 6.76. The number of ether oxygens (including phenoxy) is 1. The molecule has 1 rings (SSSR count). The monoisotopic (exact) mass is 403 g/mol. The Kier molecular flexibility index (Phi) is 9.18. The summed E-state index contributed by atoms with van der Waals surface area (Å²) in [5.74, 6) is 0.443. The van der Waals surface area contributed by atoms with Crippen molar-refractivity contribution >= 4 is 11.8 Å². The molecule has 164 valence electrons. The van der Waals surface area contributed by atoms with Gasteiger partial charge in [-0.15, -0.1) is 0 Å². The van der Waals surface area contributed by atoms with Crippen molar-refractivity contribution in [3.8, 4) is 0 Å². The summed E-state index contributed by atoms with van der Waals surface area (Å²) in [6, 6.07) is 0.192. The Hall–Kier alpha value is -2.04. The minimum atomic E-state index is -0.476. The van der Waals surface area contributed by atoms with Gasteiger partial charge in [0.2, 0.25) is 0 Å². The van der Waals surface area contributed by atoms with Crippen LogP contribution in [0.25, 0.3) is 0 Å². The average molecular weight is 404 g/mol. The van der Waals surface area contributed by atoms with Gasteiger partial charge in [0.15, 0.2) is 0 Å². The standard InChI is InChI=1S/C24H41N3O2/c1-11-17(4)21(12-2)22(19(6)25-13-3)20(7)27-15-14-26(16-18(27)5)23(28)29-24(8,9)10/h12-13,17-18H,3,11,14-16H2,1-2,4-10H3/b21-12-,22-20-,25-19?. The van der Waals surface area contributed by atoms with Crippen molar-refractivity contribution in [3.63, 3.8) is 0 Å². The Bertz CT molecular complexity index is 683. The quantitative estimate of drug-likeness (QED) is 0.416. The lowest BCUT2D eigenvalue weighted by atomic mass is 9.87. The summed E-state index contributed by atoms with van der Waals surface area (Å²) in [5.41, 5.74) is 4.22. The molecule has 2 atom stereocenters. The number of allylic oxidation sites excluding steroid dienone is 4. The topological polar surface area (TPSA) is 45.1 Å². The van der Waals surface area contributed by atoms with Gasteiger partial charge in [0.25, 0.3) is 0 Å². The number of carbonyl (C=O) groups excluding carboxylic acids is 1. The van der Waals surface area contributed by atoms with Gasteiger partial charge in [0, 0.05) is 48.9 Å². The first-order chi connectivity index (χ1) is 13.5. The van der Waals surface area contributed by atoms with Crippen LogP contribution in [0.4, 0.5) is 4.79 Å². The van der Waals surface area contributed by atoms with Gasteiger partial charge in [-0.2, -0.15) is 0 Å². The van der Waals surface area contributed by atoms with E-state index in [4.69, 9.17) is 4.74 Å². The van der Waals surface area contributed by atoms with Crippen LogP contribution in [-0.4, -0.2) is 52.9 Å². The number of nitrogens with zero attached hydrogens (tertiary/aromatic N) is 3. The minimum Gasteiger partial charge on any atom is -0.444 e. The normalized spacial score (nSPS) is 20.9. The van der Waals surface area contributed by atoms with Gasteiger partial charge in [-0.05, 0) is 66.4 Å². The third-order valence-corrected chi connectivity index (χ3v) is 5.46. The molecule has 1 amide bonds. The lowest BCUT2D eigenvalue weighted by molar-refractivity contribution is 0.0101. The average Bonchev–Trinajstić information content (AvgIpc) is 2.63. The van der Waals surface area contributed by atoms with E-state index >= 15 is 0 Å². The van der Waals surface area contributed by atoms with Gasteiger partial charge in [0.05, 0.1) is 0 Å². The highest BCUT2D eigenvalue weighted by Gasteiger charge is 2.31. The first-order valence-corrected chi connectivity index (χ1v) is 10.7. The van der Waals surface area contributed by atoms with Gasteiger partial charge in [0.1, 0.15) is 5.60 Å². The predicted molar refractivity (Wildman–Crippen MR) is 123 cm³/mol. The van der Waals surface area contributed by atoms with E-state index in [1.165, 1.54) is 16.8 Å². The molecule has 2 unspecified atom stereocenters. The summed E-state index contributed by atoms with van der Waals surface area (Å²) in [7, 11) is 0. The molecule has 1 aliphatic heterocycles. The van der Waals surface area contributed by atoms with E-state index in [1.807, 2.05) is 32.6 Å². The lowest BCUT2D eigenvalue weighted by Gasteiger charge is -2.43. The van der Waals surface area contributed by atoms with Crippen molar-refractivity contribution in [2.24, 2.45) is 10.9 Å². The van der Waals surface area contributed by atoms with Gasteiger partial charge >= 0.3 is 6.09 Å². The molecule has 5 nitrogen and oxygen atoms in total. The van der Waals surface area contributed by atoms with Crippen LogP contribution >= 0.6 is 0 Å². The molecule has 0 radical (unpaired) electrons. The van der Waals surface area contributed by atoms with E-state index in [2.05, 4.69) is 57.2 Å². The maximum Gasteiger partial charge on any atom is 0.410 e. The fraction of sp³-hybridized carbons (Fsp3) is 0.667. The number of rotatable bonds is 6. The van der Waals surface area contributed by atoms with E-state index < -0.39 is 5.60 Å². The number of hydrogen-bond acceptors (Lipinski definition) is 4. The number of carbonyl (C=O) groups is 1. The Morgan fingerprint density at radius 3 is 2.38 bits per heavy atom. The molecule has 1 saturated heterocycles. The molecular weight excluding hydrogens is 362 g/mol. The van der Waals surface area contributed by atoms with Crippen molar-refractivity contribution in [1.82, 2.24) is 9.80 Å². The van der Waals surface area contributed by atoms with E-state index in [0.717, 1.165) is 18.7 Å². The molecule has 1 heterocycles. The molecule has 0 saturated carbocycles. The van der Waals surface area contributed by atoms with Crippen LogP contribution in [0, 0.1) is 5.92 Å². The van der Waals surface area contributed by atoms with Crippen LogP contribution in [0.3, 0.4) is 0 Å². The van der Waals surface area contributed by atoms with Gasteiger partial charge in [-0.25, -0.2) is 4.79 Å². The summed E-state index contributed by atoms with van der Waals surface area (Å²) in [4.78, 5) is 21.2. The summed E-state index contributed by atoms with van der Waals surface area (Å²) in [5, 5.41) is 0. The molecule has 0 bridgehead atoms. The fourth-order valence-corrected chi connectivity index (χ4v) is 3.87. The van der Waals surface area contributed by atoms with Gasteiger partial charge in [-0.3, -0.25) is 4.99 Å². The number of amides is 1. The minimum absolute atomic E-state index is 0.192. The largest absolute Gasteiger partial charge is 0.444 e. The molecular formula is C24H41N3O2. The van der Waals surface area contributed by atoms with Crippen LogP contribution in [0.1, 0.15) is 68.7 Å². The molecule has 0 spiro atoms. The highest BCUT2D eigenvalue weighted by molar-refractivity contribution is 6.03. The Morgan fingerprint density at radius 1 is 1.31 bits per heavy atom. The molecule has 0 aromatic heterocycles. The van der Waals surface area contributed by atoms with E-state index in [1.54, 1.807) is 6.20 Å². The highest BCUT2D eigenvalue weighted by atomic mass is 16.6. The SMILES string of the molecule is C=CN=C(C)C(/C(=C\C)C(C)CC)=C(\C)N1CCN(C(=O)OC(C)(C)C)CC1C. The molecule has 5 heteroatoms. The lowest BCUT2D eigenvalue weighted by Crippen LogP contribution is -2.54. The number of hydrogen-bond donors (Lipinski definition) is 0. The zero-order chi connectivity index (χ0) is 22.4. The molecule has 1 aliphatic rings. The molecule has 1 fully saturated rings. The maximum atomic E-state index is 12.5. The Morgan fingerprint density at radius 2 is 1.93 bits per heavy atom. The summed E-state index contributed by atoms with van der Waals surface area (Å²) in [6.45, 7) is 24.5. The smallest absolute Gasteiger partial charge is 0.410 e. The van der Waals surface area contributed by atoms with E-state index in [0.29, 0.717) is 19.0 Å². The van der Waals surface area contributed by atoms with Crippen molar-refractivity contribution in [1.29, 1.82) is 0 Å². The van der Waals surface area contributed by atoms with Crippen LogP contribution in [0.15, 0.2) is 40.7 Å². The summed E-state index contributed by atoms with van der Waals surface area (Å²) < 4.78 is 5.56. The molecule has 0 aromatic rings. The Balaban J connectivity index is 3.21. The third-order valence-electron chi connectivity index (χ3n) is 5.46. The van der Waals surface area contributed by atoms with Crippen molar-refractivity contribution < 1.29 is 9.53 Å². The molecule has 29 heavy (non-hydrogen) atoms. The summed E-state index contributed by atoms with van der Waals surface area (Å²) >= 11 is 0. The first kappa shape index (κ1) is 25.0. The van der Waals surface area contributed by atoms with Crippen LogP contribution in [0.2, 0.25) is 0 Å². The predicted octanol–water partition coefficient (Wildman–Crippen LogP) is 5.80. The second-order valence-electron chi connectivity index (χ2n) is 8.88. The molecule has 0 aromatic carbocycles. The van der Waals surface area contributed by atoms with Crippen LogP contribution < -0.4 is 0 Å². The Labute approximate surface area is 178 Å². The second-order valence-corrected chi connectivity index (χ2v) is 8.88.